The van der Waals surface area contributed by atoms with Crippen molar-refractivity contribution in [1.29, 1.82) is 0 Å². The van der Waals surface area contributed by atoms with Gasteiger partial charge in [-0.25, -0.2) is 4.79 Å². The molecule has 0 radical (unpaired) electrons. The average molecular weight is 275 g/mol. The third kappa shape index (κ3) is 3.96. The lowest BCUT2D eigenvalue weighted by Crippen LogP contribution is -1.90. The zero-order chi connectivity index (χ0) is 13.7. The number of nitrogens with zero attached hydrogens (tertiary/aromatic N) is 3. The molecule has 1 N–H and O–H groups in total. The molecule has 2 aromatic rings. The molecule has 0 fully saturated rings. The summed E-state index contributed by atoms with van der Waals surface area (Å²) < 4.78 is 1.86. The highest BCUT2D eigenvalue weighted by atomic mass is 32.2. The maximum atomic E-state index is 10.5. The minimum absolute atomic E-state index is 0.765. The zero-order valence-electron chi connectivity index (χ0n) is 10.4. The molecule has 0 aliphatic heterocycles. The monoisotopic (exact) mass is 275 g/mol. The van der Waals surface area contributed by atoms with Gasteiger partial charge < -0.3 is 9.67 Å². The van der Waals surface area contributed by atoms with Crippen LogP contribution in [0.2, 0.25) is 0 Å². The van der Waals surface area contributed by atoms with Crippen molar-refractivity contribution in [2.75, 3.05) is 0 Å². The van der Waals surface area contributed by atoms with Crippen molar-refractivity contribution in [3.63, 3.8) is 0 Å². The molecule has 0 aliphatic carbocycles. The molecule has 0 spiro atoms. The van der Waals surface area contributed by atoms with E-state index in [1.807, 2.05) is 35.9 Å². The van der Waals surface area contributed by atoms with Crippen LogP contribution in [0.3, 0.4) is 0 Å². The number of carboxylic acids is 1. The third-order valence-corrected chi connectivity index (χ3v) is 3.51. The van der Waals surface area contributed by atoms with Crippen LogP contribution in [0.15, 0.2) is 41.8 Å². The number of aromatic nitrogens is 3. The summed E-state index contributed by atoms with van der Waals surface area (Å²) >= 11 is 1.59. The van der Waals surface area contributed by atoms with Crippen LogP contribution in [-0.4, -0.2) is 25.8 Å². The summed E-state index contributed by atoms with van der Waals surface area (Å²) in [6.45, 7) is 0. The number of carbonyl (C=O) groups is 1. The van der Waals surface area contributed by atoms with Crippen molar-refractivity contribution < 1.29 is 9.90 Å². The quantitative estimate of drug-likeness (QED) is 0.669. The van der Waals surface area contributed by atoms with Crippen molar-refractivity contribution in [2.24, 2.45) is 7.05 Å². The smallest absolute Gasteiger partial charge is 0.328 e. The van der Waals surface area contributed by atoms with Gasteiger partial charge in [0.05, 0.1) is 0 Å². The number of aryl methyl sites for hydroxylation is 1. The first-order chi connectivity index (χ1) is 9.15. The summed E-state index contributed by atoms with van der Waals surface area (Å²) in [4.78, 5) is 10.5. The number of hydrogen-bond donors (Lipinski definition) is 1. The molecule has 98 valence electrons. The lowest BCUT2D eigenvalue weighted by Gasteiger charge is -2.02. The molecule has 0 amide bonds. The fourth-order valence-corrected chi connectivity index (χ4v) is 2.34. The molecule has 6 heteroatoms. The number of hydrogen-bond acceptors (Lipinski definition) is 4. The topological polar surface area (TPSA) is 68.0 Å². The van der Waals surface area contributed by atoms with E-state index in [9.17, 15) is 4.79 Å². The number of thioether (sulfide) groups is 1. The Morgan fingerprint density at radius 2 is 2.37 bits per heavy atom. The van der Waals surface area contributed by atoms with Gasteiger partial charge in [-0.15, -0.1) is 10.2 Å². The standard InChI is InChI=1S/C13H13N3O2S/c1-16-9-14-15-13(16)19-8-11-4-2-3-10(7-11)5-6-12(17)18/h2-7,9H,8H2,1H3,(H,17,18). The lowest BCUT2D eigenvalue weighted by molar-refractivity contribution is -0.131. The Hall–Kier alpha value is -2.08. The van der Waals surface area contributed by atoms with Gasteiger partial charge in [0.2, 0.25) is 0 Å². The molecule has 1 aromatic heterocycles. The van der Waals surface area contributed by atoms with E-state index in [0.717, 1.165) is 28.1 Å². The van der Waals surface area contributed by atoms with E-state index in [1.54, 1.807) is 24.2 Å². The molecule has 0 saturated carbocycles. The summed E-state index contributed by atoms with van der Waals surface area (Å²) in [5.41, 5.74) is 1.99. The predicted molar refractivity (Wildman–Crippen MR) is 73.7 cm³/mol. The molecule has 5 nitrogen and oxygen atoms in total. The molecule has 0 aliphatic rings. The zero-order valence-corrected chi connectivity index (χ0v) is 11.2. The minimum atomic E-state index is -0.945. The fraction of sp³-hybridized carbons (Fsp3) is 0.154. The molecule has 0 saturated heterocycles. The maximum absolute atomic E-state index is 10.5. The predicted octanol–water partition coefficient (Wildman–Crippen LogP) is 2.21. The maximum Gasteiger partial charge on any atom is 0.328 e. The number of rotatable bonds is 5. The highest BCUT2D eigenvalue weighted by Crippen LogP contribution is 2.20. The second kappa shape index (κ2) is 6.19. The Labute approximate surface area is 115 Å². The van der Waals surface area contributed by atoms with Crippen LogP contribution in [0.25, 0.3) is 6.08 Å². The van der Waals surface area contributed by atoms with E-state index in [-0.39, 0.29) is 0 Å². The van der Waals surface area contributed by atoms with E-state index in [2.05, 4.69) is 10.2 Å². The van der Waals surface area contributed by atoms with Crippen LogP contribution in [0, 0.1) is 0 Å². The Balaban J connectivity index is 2.03. The summed E-state index contributed by atoms with van der Waals surface area (Å²) in [7, 11) is 1.90. The Morgan fingerprint density at radius 3 is 3.05 bits per heavy atom. The molecule has 1 heterocycles. The Kier molecular flexibility index (Phi) is 4.35. The van der Waals surface area contributed by atoms with Crippen molar-refractivity contribution in [1.82, 2.24) is 14.8 Å². The molecule has 0 unspecified atom stereocenters. The fourth-order valence-electron chi connectivity index (χ4n) is 1.51. The molecule has 19 heavy (non-hydrogen) atoms. The van der Waals surface area contributed by atoms with E-state index in [1.165, 1.54) is 0 Å². The highest BCUT2D eigenvalue weighted by Gasteiger charge is 2.02. The van der Waals surface area contributed by atoms with Gasteiger partial charge in [0.25, 0.3) is 0 Å². The van der Waals surface area contributed by atoms with Gasteiger partial charge in [-0.3, -0.25) is 0 Å². The van der Waals surface area contributed by atoms with E-state index in [0.29, 0.717) is 0 Å². The van der Waals surface area contributed by atoms with Gasteiger partial charge >= 0.3 is 5.97 Å². The first kappa shape index (κ1) is 13.4. The van der Waals surface area contributed by atoms with E-state index < -0.39 is 5.97 Å². The van der Waals surface area contributed by atoms with Crippen LogP contribution in [0.5, 0.6) is 0 Å². The SMILES string of the molecule is Cn1cnnc1SCc1cccc(C=CC(=O)O)c1. The first-order valence-corrected chi connectivity index (χ1v) is 6.60. The van der Waals surface area contributed by atoms with Gasteiger partial charge in [0, 0.05) is 18.9 Å². The summed E-state index contributed by atoms with van der Waals surface area (Å²) in [6.07, 6.45) is 4.38. The average Bonchev–Trinajstić information content (AvgIpc) is 2.80. The van der Waals surface area contributed by atoms with Crippen LogP contribution in [-0.2, 0) is 17.6 Å². The number of benzene rings is 1. The molecule has 1 aromatic carbocycles. The third-order valence-electron chi connectivity index (χ3n) is 2.41. The van der Waals surface area contributed by atoms with Gasteiger partial charge in [0.15, 0.2) is 5.16 Å². The normalized spacial score (nSPS) is 11.0. The van der Waals surface area contributed by atoms with Crippen molar-refractivity contribution in [3.05, 3.63) is 47.8 Å². The van der Waals surface area contributed by atoms with Crippen molar-refractivity contribution in [3.8, 4) is 0 Å². The van der Waals surface area contributed by atoms with Crippen LogP contribution < -0.4 is 0 Å². The summed E-state index contributed by atoms with van der Waals surface area (Å²) in [6, 6.07) is 7.74. The largest absolute Gasteiger partial charge is 0.478 e. The van der Waals surface area contributed by atoms with Gasteiger partial charge in [-0.05, 0) is 17.2 Å². The van der Waals surface area contributed by atoms with Crippen LogP contribution >= 0.6 is 11.8 Å². The summed E-state index contributed by atoms with van der Waals surface area (Å²) in [5.74, 6) is -0.180. The molecule has 0 atom stereocenters. The summed E-state index contributed by atoms with van der Waals surface area (Å²) in [5, 5.41) is 17.3. The van der Waals surface area contributed by atoms with E-state index in [4.69, 9.17) is 5.11 Å². The highest BCUT2D eigenvalue weighted by molar-refractivity contribution is 7.98. The Bertz CT molecular complexity index is 607. The van der Waals surface area contributed by atoms with E-state index >= 15 is 0 Å². The van der Waals surface area contributed by atoms with Crippen molar-refractivity contribution >= 4 is 23.8 Å². The first-order valence-electron chi connectivity index (χ1n) is 5.62. The van der Waals surface area contributed by atoms with Gasteiger partial charge in [-0.2, -0.15) is 0 Å². The van der Waals surface area contributed by atoms with Gasteiger partial charge in [0.1, 0.15) is 6.33 Å². The Morgan fingerprint density at radius 1 is 1.53 bits per heavy atom. The molecular formula is C13H13N3O2S. The second-order valence-corrected chi connectivity index (χ2v) is 4.87. The molecule has 2 rings (SSSR count). The van der Waals surface area contributed by atoms with Crippen molar-refractivity contribution in [2.45, 2.75) is 10.9 Å². The van der Waals surface area contributed by atoms with Crippen LogP contribution in [0.4, 0.5) is 0 Å². The minimum Gasteiger partial charge on any atom is -0.478 e. The number of aliphatic carboxylic acids is 1. The molecule has 0 bridgehead atoms. The molecular weight excluding hydrogens is 262 g/mol. The van der Waals surface area contributed by atoms with Gasteiger partial charge in [-0.1, -0.05) is 36.0 Å². The van der Waals surface area contributed by atoms with Crippen LogP contribution in [0.1, 0.15) is 11.1 Å². The lowest BCUT2D eigenvalue weighted by atomic mass is 10.1. The number of carboxylic acid groups (broad SMARTS) is 1. The second-order valence-electron chi connectivity index (χ2n) is 3.93.